The minimum absolute atomic E-state index is 0.0646. The molecule has 2 rings (SSSR count). The highest BCUT2D eigenvalue weighted by molar-refractivity contribution is 7.89. The Labute approximate surface area is 122 Å². The SMILES string of the molecule is CCCNc1ncc(S(=O)(=O)NCc2ccsc2)cn1. The Hall–Kier alpha value is -1.51. The van der Waals surface area contributed by atoms with Crippen molar-refractivity contribution in [2.75, 3.05) is 11.9 Å². The van der Waals surface area contributed by atoms with E-state index < -0.39 is 10.0 Å². The largest absolute Gasteiger partial charge is 0.354 e. The fourth-order valence-corrected chi connectivity index (χ4v) is 3.01. The summed E-state index contributed by atoms with van der Waals surface area (Å²) in [4.78, 5) is 8.04. The van der Waals surface area contributed by atoms with Gasteiger partial charge in [0.25, 0.3) is 0 Å². The summed E-state index contributed by atoms with van der Waals surface area (Å²) in [7, 11) is -3.57. The molecule has 0 bridgehead atoms. The zero-order valence-corrected chi connectivity index (χ0v) is 12.7. The predicted octanol–water partition coefficient (Wildman–Crippen LogP) is 1.84. The van der Waals surface area contributed by atoms with Crippen LogP contribution in [0.15, 0.2) is 34.1 Å². The van der Waals surface area contributed by atoms with Gasteiger partial charge < -0.3 is 5.32 Å². The molecule has 0 aliphatic heterocycles. The molecule has 8 heteroatoms. The molecule has 0 aliphatic carbocycles. The summed E-state index contributed by atoms with van der Waals surface area (Å²) in [5, 5.41) is 6.79. The molecule has 0 saturated heterocycles. The van der Waals surface area contributed by atoms with Gasteiger partial charge in [0.05, 0.1) is 12.4 Å². The fourth-order valence-electron chi connectivity index (χ4n) is 1.44. The van der Waals surface area contributed by atoms with Crippen LogP contribution < -0.4 is 10.0 Å². The summed E-state index contributed by atoms with van der Waals surface area (Å²) in [6.07, 6.45) is 3.56. The lowest BCUT2D eigenvalue weighted by atomic mass is 10.4. The Morgan fingerprint density at radius 3 is 2.65 bits per heavy atom. The van der Waals surface area contributed by atoms with Gasteiger partial charge in [-0.1, -0.05) is 6.92 Å². The number of rotatable bonds is 7. The molecule has 0 saturated carbocycles. The van der Waals surface area contributed by atoms with E-state index in [9.17, 15) is 8.42 Å². The van der Waals surface area contributed by atoms with Crippen LogP contribution in [0.2, 0.25) is 0 Å². The number of sulfonamides is 1. The van der Waals surface area contributed by atoms with Gasteiger partial charge in [0, 0.05) is 13.1 Å². The van der Waals surface area contributed by atoms with E-state index in [0.717, 1.165) is 18.5 Å². The highest BCUT2D eigenvalue weighted by atomic mass is 32.2. The first-order valence-electron chi connectivity index (χ1n) is 6.18. The molecule has 0 fully saturated rings. The lowest BCUT2D eigenvalue weighted by molar-refractivity contribution is 0.580. The molecule has 0 unspecified atom stereocenters. The standard InChI is InChI=1S/C12H16N4O2S2/c1-2-4-13-12-14-7-11(8-15-12)20(17,18)16-6-10-3-5-19-9-10/h3,5,7-9,16H,2,4,6H2,1H3,(H,13,14,15). The van der Waals surface area contributed by atoms with Crippen LogP contribution in [0.25, 0.3) is 0 Å². The topological polar surface area (TPSA) is 84.0 Å². The maximum Gasteiger partial charge on any atom is 0.243 e. The van der Waals surface area contributed by atoms with Gasteiger partial charge >= 0.3 is 0 Å². The van der Waals surface area contributed by atoms with E-state index in [1.807, 2.05) is 23.8 Å². The molecular weight excluding hydrogens is 296 g/mol. The molecule has 2 aromatic heterocycles. The predicted molar refractivity (Wildman–Crippen MR) is 79.2 cm³/mol. The second-order valence-corrected chi connectivity index (χ2v) is 6.67. The number of nitrogens with one attached hydrogen (secondary N) is 2. The normalized spacial score (nSPS) is 11.4. The van der Waals surface area contributed by atoms with Crippen LogP contribution in [0.5, 0.6) is 0 Å². The van der Waals surface area contributed by atoms with E-state index in [2.05, 4.69) is 20.0 Å². The molecule has 0 amide bonds. The van der Waals surface area contributed by atoms with Crippen molar-refractivity contribution in [1.29, 1.82) is 0 Å². The van der Waals surface area contributed by atoms with Crippen molar-refractivity contribution in [2.24, 2.45) is 0 Å². The number of aromatic nitrogens is 2. The van der Waals surface area contributed by atoms with Gasteiger partial charge in [0.15, 0.2) is 0 Å². The Morgan fingerprint density at radius 1 is 1.30 bits per heavy atom. The highest BCUT2D eigenvalue weighted by Gasteiger charge is 2.14. The summed E-state index contributed by atoms with van der Waals surface area (Å²) in [5.74, 6) is 0.434. The third kappa shape index (κ3) is 3.99. The van der Waals surface area contributed by atoms with Gasteiger partial charge in [-0.05, 0) is 28.8 Å². The van der Waals surface area contributed by atoms with E-state index in [-0.39, 0.29) is 11.4 Å². The third-order valence-corrected chi connectivity index (χ3v) is 4.61. The van der Waals surface area contributed by atoms with Crippen molar-refractivity contribution in [3.05, 3.63) is 34.8 Å². The van der Waals surface area contributed by atoms with Gasteiger partial charge in [-0.15, -0.1) is 0 Å². The van der Waals surface area contributed by atoms with E-state index in [0.29, 0.717) is 5.95 Å². The van der Waals surface area contributed by atoms with Crippen molar-refractivity contribution < 1.29 is 8.42 Å². The summed E-state index contributed by atoms with van der Waals surface area (Å²) >= 11 is 1.53. The highest BCUT2D eigenvalue weighted by Crippen LogP contribution is 2.10. The first-order chi connectivity index (χ1) is 9.62. The molecule has 0 radical (unpaired) electrons. The Morgan fingerprint density at radius 2 is 2.05 bits per heavy atom. The Balaban J connectivity index is 2.01. The van der Waals surface area contributed by atoms with Gasteiger partial charge in [-0.2, -0.15) is 11.3 Å². The molecular formula is C12H16N4O2S2. The zero-order chi connectivity index (χ0) is 14.4. The van der Waals surface area contributed by atoms with E-state index in [1.165, 1.54) is 23.7 Å². The molecule has 0 aliphatic rings. The van der Waals surface area contributed by atoms with Gasteiger partial charge in [0.2, 0.25) is 16.0 Å². The van der Waals surface area contributed by atoms with Crippen molar-refractivity contribution in [3.8, 4) is 0 Å². The van der Waals surface area contributed by atoms with E-state index in [1.54, 1.807) is 0 Å². The maximum absolute atomic E-state index is 12.0. The quantitative estimate of drug-likeness (QED) is 0.815. The minimum atomic E-state index is -3.57. The van der Waals surface area contributed by atoms with Crippen molar-refractivity contribution >= 4 is 27.3 Å². The van der Waals surface area contributed by atoms with Gasteiger partial charge in [-0.3, -0.25) is 0 Å². The van der Waals surface area contributed by atoms with Gasteiger partial charge in [-0.25, -0.2) is 23.1 Å². The molecule has 0 spiro atoms. The smallest absolute Gasteiger partial charge is 0.243 e. The maximum atomic E-state index is 12.0. The lowest BCUT2D eigenvalue weighted by Gasteiger charge is -2.06. The minimum Gasteiger partial charge on any atom is -0.354 e. The summed E-state index contributed by atoms with van der Waals surface area (Å²) in [5.41, 5.74) is 0.931. The second-order valence-electron chi connectivity index (χ2n) is 4.13. The van der Waals surface area contributed by atoms with Crippen LogP contribution >= 0.6 is 11.3 Å². The van der Waals surface area contributed by atoms with Crippen molar-refractivity contribution in [1.82, 2.24) is 14.7 Å². The molecule has 2 aromatic rings. The lowest BCUT2D eigenvalue weighted by Crippen LogP contribution is -2.23. The average Bonchev–Trinajstić information content (AvgIpc) is 2.97. The number of hydrogen-bond donors (Lipinski definition) is 2. The molecule has 20 heavy (non-hydrogen) atoms. The second kappa shape index (κ2) is 6.78. The van der Waals surface area contributed by atoms with E-state index in [4.69, 9.17) is 0 Å². The van der Waals surface area contributed by atoms with Crippen LogP contribution in [0.1, 0.15) is 18.9 Å². The van der Waals surface area contributed by atoms with Crippen LogP contribution in [0.4, 0.5) is 5.95 Å². The number of nitrogens with zero attached hydrogens (tertiary/aromatic N) is 2. The summed E-state index contributed by atoms with van der Waals surface area (Å²) < 4.78 is 26.6. The summed E-state index contributed by atoms with van der Waals surface area (Å²) in [6.45, 7) is 3.05. The fraction of sp³-hybridized carbons (Fsp3) is 0.333. The monoisotopic (exact) mass is 312 g/mol. The van der Waals surface area contributed by atoms with Crippen LogP contribution in [0.3, 0.4) is 0 Å². The van der Waals surface area contributed by atoms with Crippen LogP contribution in [0, 0.1) is 0 Å². The van der Waals surface area contributed by atoms with Crippen molar-refractivity contribution in [2.45, 2.75) is 24.8 Å². The summed E-state index contributed by atoms with van der Waals surface area (Å²) in [6, 6.07) is 1.88. The molecule has 108 valence electrons. The Bertz CT molecular complexity index is 624. The Kier molecular flexibility index (Phi) is 5.05. The first-order valence-corrected chi connectivity index (χ1v) is 8.61. The number of hydrogen-bond acceptors (Lipinski definition) is 6. The molecule has 2 N–H and O–H groups in total. The number of anilines is 1. The first kappa shape index (κ1) is 14.9. The number of thiophene rings is 1. The molecule has 0 atom stereocenters. The molecule has 6 nitrogen and oxygen atoms in total. The average molecular weight is 312 g/mol. The van der Waals surface area contributed by atoms with Crippen LogP contribution in [-0.2, 0) is 16.6 Å². The third-order valence-electron chi connectivity index (χ3n) is 2.52. The molecule has 2 heterocycles. The van der Waals surface area contributed by atoms with Gasteiger partial charge in [0.1, 0.15) is 4.90 Å². The molecule has 0 aromatic carbocycles. The van der Waals surface area contributed by atoms with E-state index >= 15 is 0 Å². The van der Waals surface area contributed by atoms with Crippen LogP contribution in [-0.4, -0.2) is 24.9 Å². The van der Waals surface area contributed by atoms with Crippen molar-refractivity contribution in [3.63, 3.8) is 0 Å². The zero-order valence-electron chi connectivity index (χ0n) is 11.0.